The van der Waals surface area contributed by atoms with Crippen LogP contribution in [0.3, 0.4) is 0 Å². The fourth-order valence-corrected chi connectivity index (χ4v) is 7.32. The lowest BCUT2D eigenvalue weighted by molar-refractivity contribution is -0.174. The summed E-state index contributed by atoms with van der Waals surface area (Å²) in [4.78, 5) is 24.1. The highest BCUT2D eigenvalue weighted by molar-refractivity contribution is 6.21. The number of fused-ring (bicyclic) bond motifs is 5. The SMILES string of the molecule is CC(=O)[C@@]1(O)CC[C@H]2[C@H]3[C@H]([C@@H](O)C[C@@]21C)[C@@]1(C)C=CC(=O)C=C1C[C@H]3Cl. The minimum Gasteiger partial charge on any atom is -0.393 e. The lowest BCUT2D eigenvalue weighted by Gasteiger charge is -2.60. The fraction of sp³-hybridized carbons (Fsp3) is 0.714. The van der Waals surface area contributed by atoms with E-state index in [2.05, 4.69) is 6.92 Å². The molecular formula is C21H27ClO4. The maximum Gasteiger partial charge on any atom is 0.178 e. The second-order valence-electron chi connectivity index (χ2n) is 9.26. The number of alkyl halides is 1. The van der Waals surface area contributed by atoms with Crippen LogP contribution in [0.25, 0.3) is 0 Å². The molecule has 0 unspecified atom stereocenters. The standard InChI is InChI=1S/C21H27ClO4/c1-11(23)21(26)7-5-14-17-15(22)9-12-8-13(24)4-6-19(12,2)18(17)16(25)10-20(14,21)3/h4,6,8,14-18,25-26H,5,7,9-10H2,1-3H3/t14-,15+,16-,17+,18-,19-,20-,21-/m0/s1. The lowest BCUT2D eigenvalue weighted by Crippen LogP contribution is -2.63. The van der Waals surface area contributed by atoms with E-state index >= 15 is 0 Å². The highest BCUT2D eigenvalue weighted by atomic mass is 35.5. The zero-order valence-corrected chi connectivity index (χ0v) is 16.3. The predicted molar refractivity (Wildman–Crippen MR) is 98.7 cm³/mol. The van der Waals surface area contributed by atoms with Crippen molar-refractivity contribution < 1.29 is 19.8 Å². The molecule has 0 spiro atoms. The van der Waals surface area contributed by atoms with Gasteiger partial charge in [-0.3, -0.25) is 9.59 Å². The Morgan fingerprint density at radius 3 is 2.69 bits per heavy atom. The van der Waals surface area contributed by atoms with Gasteiger partial charge in [0, 0.05) is 22.1 Å². The number of aliphatic hydroxyl groups is 2. The van der Waals surface area contributed by atoms with E-state index in [-0.39, 0.29) is 34.7 Å². The largest absolute Gasteiger partial charge is 0.393 e. The highest BCUT2D eigenvalue weighted by Gasteiger charge is 2.68. The Kier molecular flexibility index (Phi) is 3.91. The van der Waals surface area contributed by atoms with Gasteiger partial charge in [-0.25, -0.2) is 0 Å². The van der Waals surface area contributed by atoms with Gasteiger partial charge in [0.2, 0.25) is 0 Å². The van der Waals surface area contributed by atoms with E-state index in [4.69, 9.17) is 11.6 Å². The molecule has 2 N–H and O–H groups in total. The third kappa shape index (κ3) is 2.10. The number of carbonyl (C=O) groups is 2. The second kappa shape index (κ2) is 5.52. The van der Waals surface area contributed by atoms with Crippen molar-refractivity contribution in [2.75, 3.05) is 0 Å². The minimum atomic E-state index is -1.39. The second-order valence-corrected chi connectivity index (χ2v) is 9.82. The molecule has 0 saturated heterocycles. The maximum atomic E-state index is 12.3. The van der Waals surface area contributed by atoms with Crippen LogP contribution in [0, 0.1) is 28.6 Å². The number of hydrogen-bond acceptors (Lipinski definition) is 4. The molecule has 0 radical (unpaired) electrons. The predicted octanol–water partition coefficient (Wildman–Crippen LogP) is 2.80. The van der Waals surface area contributed by atoms with Crippen LogP contribution in [0.2, 0.25) is 0 Å². The first-order valence-electron chi connectivity index (χ1n) is 9.54. The molecule has 4 rings (SSSR count). The Morgan fingerprint density at radius 1 is 1.35 bits per heavy atom. The van der Waals surface area contributed by atoms with Crippen LogP contribution in [0.1, 0.15) is 46.5 Å². The van der Waals surface area contributed by atoms with Crippen LogP contribution in [0.15, 0.2) is 23.8 Å². The Balaban J connectivity index is 1.81. The number of ketones is 2. The van der Waals surface area contributed by atoms with Gasteiger partial charge in [-0.05, 0) is 56.6 Å². The third-order valence-corrected chi connectivity index (χ3v) is 8.66. The van der Waals surface area contributed by atoms with Crippen molar-refractivity contribution >= 4 is 23.2 Å². The molecule has 4 nitrogen and oxygen atoms in total. The van der Waals surface area contributed by atoms with Crippen molar-refractivity contribution in [2.45, 2.75) is 63.5 Å². The summed E-state index contributed by atoms with van der Waals surface area (Å²) in [7, 11) is 0. The number of allylic oxidation sites excluding steroid dienone is 4. The van der Waals surface area contributed by atoms with Crippen LogP contribution < -0.4 is 0 Å². The van der Waals surface area contributed by atoms with Crippen LogP contribution in [-0.2, 0) is 9.59 Å². The Hall–Kier alpha value is -0.970. The monoisotopic (exact) mass is 378 g/mol. The fourth-order valence-electron chi connectivity index (χ4n) is 6.82. The summed E-state index contributed by atoms with van der Waals surface area (Å²) >= 11 is 6.83. The summed E-state index contributed by atoms with van der Waals surface area (Å²) in [6.07, 6.45) is 6.67. The van der Waals surface area contributed by atoms with Gasteiger partial charge in [-0.1, -0.05) is 25.5 Å². The zero-order chi connectivity index (χ0) is 19.1. The van der Waals surface area contributed by atoms with Crippen molar-refractivity contribution in [1.82, 2.24) is 0 Å². The molecule has 26 heavy (non-hydrogen) atoms. The number of halogens is 1. The molecule has 8 atom stereocenters. The number of aliphatic hydroxyl groups excluding tert-OH is 1. The summed E-state index contributed by atoms with van der Waals surface area (Å²) in [5, 5.41) is 22.2. The first-order valence-corrected chi connectivity index (χ1v) is 9.98. The Bertz CT molecular complexity index is 742. The number of carbonyl (C=O) groups excluding carboxylic acids is 2. The van der Waals surface area contributed by atoms with Crippen molar-refractivity contribution in [3.05, 3.63) is 23.8 Å². The molecule has 0 aromatic carbocycles. The van der Waals surface area contributed by atoms with Gasteiger partial charge < -0.3 is 10.2 Å². The van der Waals surface area contributed by atoms with Gasteiger partial charge in [0.1, 0.15) is 5.60 Å². The van der Waals surface area contributed by atoms with Crippen molar-refractivity contribution in [3.8, 4) is 0 Å². The van der Waals surface area contributed by atoms with Gasteiger partial charge in [0.05, 0.1) is 6.10 Å². The molecule has 0 amide bonds. The van der Waals surface area contributed by atoms with Gasteiger partial charge in [-0.15, -0.1) is 11.6 Å². The molecule has 142 valence electrons. The number of Topliss-reactive ketones (excluding diaryl/α,β-unsaturated/α-hetero) is 1. The van der Waals surface area contributed by atoms with E-state index in [1.165, 1.54) is 6.92 Å². The molecule has 0 aromatic heterocycles. The van der Waals surface area contributed by atoms with Crippen LogP contribution in [-0.4, -0.2) is 38.9 Å². The van der Waals surface area contributed by atoms with Crippen molar-refractivity contribution in [1.29, 1.82) is 0 Å². The summed E-state index contributed by atoms with van der Waals surface area (Å²) in [5.74, 6) is -0.274. The van der Waals surface area contributed by atoms with Gasteiger partial charge in [0.25, 0.3) is 0 Å². The molecule has 3 saturated carbocycles. The smallest absolute Gasteiger partial charge is 0.178 e. The van der Waals surface area contributed by atoms with E-state index < -0.39 is 22.5 Å². The average Bonchev–Trinajstić information content (AvgIpc) is 2.81. The molecule has 4 aliphatic carbocycles. The number of rotatable bonds is 1. The molecule has 0 aromatic rings. The quantitative estimate of drug-likeness (QED) is 0.688. The first-order chi connectivity index (χ1) is 12.0. The molecule has 0 bridgehead atoms. The van der Waals surface area contributed by atoms with E-state index in [0.29, 0.717) is 19.3 Å². The summed E-state index contributed by atoms with van der Waals surface area (Å²) < 4.78 is 0. The Morgan fingerprint density at radius 2 is 2.04 bits per heavy atom. The highest BCUT2D eigenvalue weighted by Crippen LogP contribution is 2.67. The van der Waals surface area contributed by atoms with Crippen LogP contribution in [0.4, 0.5) is 0 Å². The van der Waals surface area contributed by atoms with Gasteiger partial charge in [-0.2, -0.15) is 0 Å². The van der Waals surface area contributed by atoms with Gasteiger partial charge in [0.15, 0.2) is 11.6 Å². The van der Waals surface area contributed by atoms with Crippen LogP contribution >= 0.6 is 11.6 Å². The van der Waals surface area contributed by atoms with Gasteiger partial charge >= 0.3 is 0 Å². The lowest BCUT2D eigenvalue weighted by atomic mass is 9.46. The molecule has 3 fully saturated rings. The number of hydrogen-bond donors (Lipinski definition) is 2. The summed E-state index contributed by atoms with van der Waals surface area (Å²) in [5.41, 5.74) is -1.47. The molecule has 5 heteroatoms. The minimum absolute atomic E-state index is 0.00112. The molecular weight excluding hydrogens is 352 g/mol. The molecule has 0 aliphatic heterocycles. The summed E-state index contributed by atoms with van der Waals surface area (Å²) in [6.45, 7) is 5.48. The van der Waals surface area contributed by atoms with E-state index in [9.17, 15) is 19.8 Å². The maximum absolute atomic E-state index is 12.3. The van der Waals surface area contributed by atoms with E-state index in [1.807, 2.05) is 13.0 Å². The third-order valence-electron chi connectivity index (χ3n) is 8.22. The first kappa shape index (κ1) is 18.4. The van der Waals surface area contributed by atoms with Crippen molar-refractivity contribution in [2.24, 2.45) is 28.6 Å². The van der Waals surface area contributed by atoms with E-state index in [1.54, 1.807) is 12.2 Å². The van der Waals surface area contributed by atoms with E-state index in [0.717, 1.165) is 12.0 Å². The molecule has 0 heterocycles. The zero-order valence-electron chi connectivity index (χ0n) is 15.5. The van der Waals surface area contributed by atoms with Crippen molar-refractivity contribution in [3.63, 3.8) is 0 Å². The van der Waals surface area contributed by atoms with Crippen LogP contribution in [0.5, 0.6) is 0 Å². The normalized spacial score (nSPS) is 52.8. The molecule has 4 aliphatic rings. The average molecular weight is 379 g/mol. The Labute approximate surface area is 159 Å². The summed E-state index contributed by atoms with van der Waals surface area (Å²) in [6, 6.07) is 0. The topological polar surface area (TPSA) is 74.6 Å².